The molecule has 2 aromatic carbocycles. The van der Waals surface area contributed by atoms with E-state index in [1.165, 1.54) is 18.3 Å². The number of anilines is 1. The number of hydrogen-bond acceptors (Lipinski definition) is 3. The highest BCUT2D eigenvalue weighted by molar-refractivity contribution is 5.92. The van der Waals surface area contributed by atoms with Gasteiger partial charge in [0.25, 0.3) is 0 Å². The number of nitrogens with two attached hydrogens (primary N) is 1. The van der Waals surface area contributed by atoms with Gasteiger partial charge in [-0.3, -0.25) is 4.79 Å². The van der Waals surface area contributed by atoms with Crippen LogP contribution >= 0.6 is 0 Å². The Morgan fingerprint density at radius 3 is 2.00 bits per heavy atom. The van der Waals surface area contributed by atoms with Crippen molar-refractivity contribution in [2.24, 2.45) is 11.7 Å². The van der Waals surface area contributed by atoms with E-state index in [0.29, 0.717) is 17.3 Å². The SMILES string of the molecule is CC(C)CC(Nc1ccc(C(N)=O)cn1)c1ccc(-c2ccc(C(F)(F)F)cc2)cc1. The van der Waals surface area contributed by atoms with Crippen LogP contribution in [-0.4, -0.2) is 10.9 Å². The fourth-order valence-electron chi connectivity index (χ4n) is 3.31. The van der Waals surface area contributed by atoms with Gasteiger partial charge in [0.15, 0.2) is 0 Å². The van der Waals surface area contributed by atoms with Gasteiger partial charge in [-0.15, -0.1) is 0 Å². The first-order valence-corrected chi connectivity index (χ1v) is 9.93. The molecule has 3 rings (SSSR count). The van der Waals surface area contributed by atoms with E-state index in [9.17, 15) is 18.0 Å². The molecule has 1 aromatic heterocycles. The minimum absolute atomic E-state index is 0.0198. The standard InChI is InChI=1S/C24H24F3N3O/c1-15(2)13-21(30-22-12-9-19(14-29-22)23(28)31)18-5-3-16(4-6-18)17-7-10-20(11-8-17)24(25,26)27/h3-12,14-15,21H,13H2,1-2H3,(H2,28,31)(H,29,30). The molecule has 0 aliphatic rings. The van der Waals surface area contributed by atoms with Crippen molar-refractivity contribution in [2.45, 2.75) is 32.5 Å². The number of benzene rings is 2. The normalized spacial score (nSPS) is 12.6. The third-order valence-corrected chi connectivity index (χ3v) is 4.94. The first-order chi connectivity index (χ1) is 14.6. The van der Waals surface area contributed by atoms with Crippen LogP contribution < -0.4 is 11.1 Å². The molecule has 1 amide bonds. The van der Waals surface area contributed by atoms with Gasteiger partial charge in [-0.2, -0.15) is 13.2 Å². The first kappa shape index (κ1) is 22.3. The minimum atomic E-state index is -4.35. The van der Waals surface area contributed by atoms with Crippen LogP contribution in [0, 0.1) is 5.92 Å². The molecular formula is C24H24F3N3O. The van der Waals surface area contributed by atoms with Gasteiger partial charge in [0.2, 0.25) is 5.91 Å². The average molecular weight is 427 g/mol. The van der Waals surface area contributed by atoms with Gasteiger partial charge in [-0.05, 0) is 53.3 Å². The number of halogens is 3. The molecular weight excluding hydrogens is 403 g/mol. The van der Waals surface area contributed by atoms with Gasteiger partial charge >= 0.3 is 6.18 Å². The molecule has 31 heavy (non-hydrogen) atoms. The Kier molecular flexibility index (Phi) is 6.63. The van der Waals surface area contributed by atoms with E-state index in [0.717, 1.165) is 35.2 Å². The van der Waals surface area contributed by atoms with Crippen molar-refractivity contribution in [3.8, 4) is 11.1 Å². The zero-order valence-corrected chi connectivity index (χ0v) is 17.3. The number of amides is 1. The molecule has 162 valence electrons. The van der Waals surface area contributed by atoms with Gasteiger partial charge in [-0.1, -0.05) is 50.2 Å². The molecule has 0 saturated carbocycles. The first-order valence-electron chi connectivity index (χ1n) is 9.93. The smallest absolute Gasteiger partial charge is 0.366 e. The Bertz CT molecular complexity index is 1010. The van der Waals surface area contributed by atoms with Crippen molar-refractivity contribution < 1.29 is 18.0 Å². The van der Waals surface area contributed by atoms with E-state index in [4.69, 9.17) is 5.73 Å². The number of carbonyl (C=O) groups is 1. The quantitative estimate of drug-likeness (QED) is 0.481. The number of hydrogen-bond donors (Lipinski definition) is 2. The second-order valence-corrected chi connectivity index (χ2v) is 7.82. The molecule has 0 aliphatic heterocycles. The lowest BCUT2D eigenvalue weighted by atomic mass is 9.95. The van der Waals surface area contributed by atoms with E-state index in [1.807, 2.05) is 24.3 Å². The Hall–Kier alpha value is -3.35. The van der Waals surface area contributed by atoms with Crippen molar-refractivity contribution in [3.05, 3.63) is 83.6 Å². The maximum absolute atomic E-state index is 12.8. The highest BCUT2D eigenvalue weighted by atomic mass is 19.4. The minimum Gasteiger partial charge on any atom is -0.366 e. The van der Waals surface area contributed by atoms with E-state index < -0.39 is 17.6 Å². The van der Waals surface area contributed by atoms with Crippen LogP contribution in [0.2, 0.25) is 0 Å². The number of nitrogens with one attached hydrogen (secondary N) is 1. The van der Waals surface area contributed by atoms with Crippen LogP contribution in [-0.2, 0) is 6.18 Å². The van der Waals surface area contributed by atoms with Crippen LogP contribution in [0.4, 0.5) is 19.0 Å². The number of rotatable bonds is 7. The molecule has 1 heterocycles. The molecule has 0 saturated heterocycles. The molecule has 0 aliphatic carbocycles. The van der Waals surface area contributed by atoms with E-state index in [2.05, 4.69) is 24.1 Å². The Labute approximate surface area is 179 Å². The summed E-state index contributed by atoms with van der Waals surface area (Å²) in [6, 6.07) is 16.2. The van der Waals surface area contributed by atoms with Gasteiger partial charge in [0, 0.05) is 6.20 Å². The molecule has 7 heteroatoms. The lowest BCUT2D eigenvalue weighted by Gasteiger charge is -2.22. The molecule has 0 bridgehead atoms. The van der Waals surface area contributed by atoms with Crippen LogP contribution in [0.15, 0.2) is 66.9 Å². The van der Waals surface area contributed by atoms with Gasteiger partial charge in [0.05, 0.1) is 17.2 Å². The molecule has 1 unspecified atom stereocenters. The summed E-state index contributed by atoms with van der Waals surface area (Å²) in [5.74, 6) is 0.510. The summed E-state index contributed by atoms with van der Waals surface area (Å²) in [4.78, 5) is 15.5. The van der Waals surface area contributed by atoms with Crippen LogP contribution in [0.3, 0.4) is 0 Å². The molecule has 3 N–H and O–H groups in total. The summed E-state index contributed by atoms with van der Waals surface area (Å²) in [6.07, 6.45) is -2.06. The van der Waals surface area contributed by atoms with Crippen molar-refractivity contribution >= 4 is 11.7 Å². The van der Waals surface area contributed by atoms with Crippen molar-refractivity contribution in [3.63, 3.8) is 0 Å². The van der Waals surface area contributed by atoms with Crippen LogP contribution in [0.25, 0.3) is 11.1 Å². The molecule has 4 nitrogen and oxygen atoms in total. The fourth-order valence-corrected chi connectivity index (χ4v) is 3.31. The summed E-state index contributed by atoms with van der Waals surface area (Å²) in [7, 11) is 0. The Balaban J connectivity index is 1.79. The highest BCUT2D eigenvalue weighted by Crippen LogP contribution is 2.32. The summed E-state index contributed by atoms with van der Waals surface area (Å²) in [5.41, 5.74) is 7.52. The molecule has 0 radical (unpaired) electrons. The van der Waals surface area contributed by atoms with Crippen molar-refractivity contribution in [1.82, 2.24) is 4.98 Å². The zero-order chi connectivity index (χ0) is 22.6. The zero-order valence-electron chi connectivity index (χ0n) is 17.3. The summed E-state index contributed by atoms with van der Waals surface area (Å²) >= 11 is 0. The molecule has 1 atom stereocenters. The predicted octanol–water partition coefficient (Wildman–Crippen LogP) is 6.07. The second-order valence-electron chi connectivity index (χ2n) is 7.82. The van der Waals surface area contributed by atoms with Crippen LogP contribution in [0.5, 0.6) is 0 Å². The fraction of sp³-hybridized carbons (Fsp3) is 0.250. The third kappa shape index (κ3) is 5.84. The third-order valence-electron chi connectivity index (χ3n) is 4.94. The lowest BCUT2D eigenvalue weighted by Crippen LogP contribution is -2.15. The largest absolute Gasteiger partial charge is 0.416 e. The predicted molar refractivity (Wildman–Crippen MR) is 115 cm³/mol. The summed E-state index contributed by atoms with van der Waals surface area (Å²) in [6.45, 7) is 4.24. The summed E-state index contributed by atoms with van der Waals surface area (Å²) < 4.78 is 38.3. The van der Waals surface area contributed by atoms with Crippen molar-refractivity contribution in [2.75, 3.05) is 5.32 Å². The number of carbonyl (C=O) groups excluding carboxylic acids is 1. The molecule has 0 spiro atoms. The average Bonchev–Trinajstić information content (AvgIpc) is 2.73. The molecule has 3 aromatic rings. The van der Waals surface area contributed by atoms with Crippen molar-refractivity contribution in [1.29, 1.82) is 0 Å². The number of aromatic nitrogens is 1. The second kappa shape index (κ2) is 9.20. The number of primary amides is 1. The summed E-state index contributed by atoms with van der Waals surface area (Å²) in [5, 5.41) is 3.39. The van der Waals surface area contributed by atoms with Gasteiger partial charge < -0.3 is 11.1 Å². The maximum Gasteiger partial charge on any atom is 0.416 e. The number of alkyl halides is 3. The number of pyridine rings is 1. The monoisotopic (exact) mass is 427 g/mol. The highest BCUT2D eigenvalue weighted by Gasteiger charge is 2.30. The van der Waals surface area contributed by atoms with E-state index >= 15 is 0 Å². The Morgan fingerprint density at radius 1 is 0.968 bits per heavy atom. The maximum atomic E-state index is 12.8. The topological polar surface area (TPSA) is 68.0 Å². The van der Waals surface area contributed by atoms with Gasteiger partial charge in [0.1, 0.15) is 5.82 Å². The number of nitrogens with zero attached hydrogens (tertiary/aromatic N) is 1. The van der Waals surface area contributed by atoms with E-state index in [-0.39, 0.29) is 6.04 Å². The van der Waals surface area contributed by atoms with Gasteiger partial charge in [-0.25, -0.2) is 4.98 Å². The Morgan fingerprint density at radius 2 is 1.55 bits per heavy atom. The molecule has 0 fully saturated rings. The lowest BCUT2D eigenvalue weighted by molar-refractivity contribution is -0.137. The van der Waals surface area contributed by atoms with Crippen LogP contribution in [0.1, 0.15) is 47.8 Å². The van der Waals surface area contributed by atoms with E-state index in [1.54, 1.807) is 12.1 Å².